The van der Waals surface area contributed by atoms with Crippen molar-refractivity contribution in [2.24, 2.45) is 0 Å². The van der Waals surface area contributed by atoms with Crippen LogP contribution in [0.3, 0.4) is 0 Å². The summed E-state index contributed by atoms with van der Waals surface area (Å²) in [5.74, 6) is 0.713. The molecule has 0 unspecified atom stereocenters. The molecule has 0 aliphatic heterocycles. The largest absolute Gasteiger partial charge is 0.463 e. The number of anilines is 1. The van der Waals surface area contributed by atoms with Crippen molar-refractivity contribution < 1.29 is 4.42 Å². The van der Waals surface area contributed by atoms with E-state index in [0.717, 1.165) is 6.54 Å². The lowest BCUT2D eigenvalue weighted by atomic mass is 10.3. The minimum absolute atomic E-state index is 0.650. The summed E-state index contributed by atoms with van der Waals surface area (Å²) in [7, 11) is 0. The lowest BCUT2D eigenvalue weighted by Crippen LogP contribution is -1.93. The monoisotopic (exact) mass is 177 g/mol. The normalized spacial score (nSPS) is 10.5. The molecule has 0 aromatic carbocycles. The Morgan fingerprint density at radius 1 is 1.62 bits per heavy atom. The summed E-state index contributed by atoms with van der Waals surface area (Å²) < 4.78 is 6.99. The maximum Gasteiger partial charge on any atom is 0.156 e. The van der Waals surface area contributed by atoms with Gasteiger partial charge in [0.15, 0.2) is 11.5 Å². The fourth-order valence-electron chi connectivity index (χ4n) is 1.20. The molecule has 0 amide bonds. The summed E-state index contributed by atoms with van der Waals surface area (Å²) in [5.41, 5.74) is 7.13. The highest BCUT2D eigenvalue weighted by Crippen LogP contribution is 2.23. The molecule has 0 saturated carbocycles. The van der Waals surface area contributed by atoms with Crippen molar-refractivity contribution in [2.45, 2.75) is 13.5 Å². The zero-order valence-corrected chi connectivity index (χ0v) is 7.40. The van der Waals surface area contributed by atoms with Gasteiger partial charge in [-0.1, -0.05) is 0 Å². The third-order valence-corrected chi connectivity index (χ3v) is 1.87. The van der Waals surface area contributed by atoms with Gasteiger partial charge in [-0.3, -0.25) is 4.68 Å². The van der Waals surface area contributed by atoms with Gasteiger partial charge in [-0.2, -0.15) is 5.10 Å². The third kappa shape index (κ3) is 1.30. The van der Waals surface area contributed by atoms with Crippen LogP contribution in [-0.2, 0) is 6.54 Å². The maximum atomic E-state index is 5.76. The summed E-state index contributed by atoms with van der Waals surface area (Å²) in [4.78, 5) is 0. The molecular weight excluding hydrogens is 166 g/mol. The Morgan fingerprint density at radius 3 is 3.00 bits per heavy atom. The molecule has 4 nitrogen and oxygen atoms in total. The highest BCUT2D eigenvalue weighted by atomic mass is 16.3. The van der Waals surface area contributed by atoms with E-state index in [1.165, 1.54) is 0 Å². The third-order valence-electron chi connectivity index (χ3n) is 1.87. The first-order valence-corrected chi connectivity index (χ1v) is 4.18. The molecule has 0 aliphatic rings. The highest BCUT2D eigenvalue weighted by Gasteiger charge is 2.09. The zero-order chi connectivity index (χ0) is 9.26. The molecule has 0 fully saturated rings. The van der Waals surface area contributed by atoms with Crippen LogP contribution in [0, 0.1) is 0 Å². The molecule has 0 saturated heterocycles. The molecule has 2 N–H and O–H groups in total. The average Bonchev–Trinajstić information content (AvgIpc) is 2.72. The average molecular weight is 177 g/mol. The molecular formula is C9H11N3O. The van der Waals surface area contributed by atoms with Gasteiger partial charge in [-0.05, 0) is 19.1 Å². The lowest BCUT2D eigenvalue weighted by Gasteiger charge is -1.91. The van der Waals surface area contributed by atoms with Gasteiger partial charge in [0.2, 0.25) is 0 Å². The Labute approximate surface area is 76.0 Å². The SMILES string of the molecule is CCn1cc(N)c(-c2ccco2)n1. The van der Waals surface area contributed by atoms with E-state index >= 15 is 0 Å². The topological polar surface area (TPSA) is 57.0 Å². The minimum Gasteiger partial charge on any atom is -0.463 e. The van der Waals surface area contributed by atoms with Gasteiger partial charge < -0.3 is 10.2 Å². The van der Waals surface area contributed by atoms with E-state index < -0.39 is 0 Å². The molecule has 2 rings (SSSR count). The molecule has 0 aliphatic carbocycles. The van der Waals surface area contributed by atoms with E-state index in [2.05, 4.69) is 5.10 Å². The Morgan fingerprint density at radius 2 is 2.46 bits per heavy atom. The molecule has 0 bridgehead atoms. The Balaban J connectivity index is 2.46. The number of nitrogens with zero attached hydrogens (tertiary/aromatic N) is 2. The van der Waals surface area contributed by atoms with Crippen LogP contribution < -0.4 is 5.73 Å². The number of rotatable bonds is 2. The number of hydrogen-bond donors (Lipinski definition) is 1. The van der Waals surface area contributed by atoms with E-state index in [1.54, 1.807) is 17.1 Å². The number of nitrogen functional groups attached to an aromatic ring is 1. The molecule has 0 spiro atoms. The van der Waals surface area contributed by atoms with Crippen LogP contribution >= 0.6 is 0 Å². The van der Waals surface area contributed by atoms with Crippen LogP contribution in [0.25, 0.3) is 11.5 Å². The molecule has 0 atom stereocenters. The van der Waals surface area contributed by atoms with Crippen LogP contribution in [0.5, 0.6) is 0 Å². The smallest absolute Gasteiger partial charge is 0.156 e. The molecule has 68 valence electrons. The van der Waals surface area contributed by atoms with Gasteiger partial charge in [0, 0.05) is 12.7 Å². The fourth-order valence-corrected chi connectivity index (χ4v) is 1.20. The first kappa shape index (κ1) is 7.91. The van der Waals surface area contributed by atoms with Crippen molar-refractivity contribution in [1.82, 2.24) is 9.78 Å². The van der Waals surface area contributed by atoms with Crippen LogP contribution in [0.15, 0.2) is 29.0 Å². The molecule has 13 heavy (non-hydrogen) atoms. The Bertz CT molecular complexity index is 389. The van der Waals surface area contributed by atoms with Crippen molar-refractivity contribution in [3.8, 4) is 11.5 Å². The predicted octanol–water partition coefficient (Wildman–Crippen LogP) is 1.75. The van der Waals surface area contributed by atoms with Gasteiger partial charge in [-0.25, -0.2) is 0 Å². The van der Waals surface area contributed by atoms with E-state index in [9.17, 15) is 0 Å². The number of hydrogen-bond acceptors (Lipinski definition) is 3. The first-order valence-electron chi connectivity index (χ1n) is 4.18. The summed E-state index contributed by atoms with van der Waals surface area (Å²) in [5, 5.41) is 4.27. The van der Waals surface area contributed by atoms with Crippen molar-refractivity contribution in [1.29, 1.82) is 0 Å². The van der Waals surface area contributed by atoms with Crippen LogP contribution in [0.1, 0.15) is 6.92 Å². The first-order chi connectivity index (χ1) is 6.31. The number of aryl methyl sites for hydroxylation is 1. The number of aromatic nitrogens is 2. The number of nitrogens with two attached hydrogens (primary N) is 1. The van der Waals surface area contributed by atoms with Crippen molar-refractivity contribution in [3.05, 3.63) is 24.6 Å². The van der Waals surface area contributed by atoms with Gasteiger partial charge in [0.1, 0.15) is 0 Å². The van der Waals surface area contributed by atoms with Crippen molar-refractivity contribution in [2.75, 3.05) is 5.73 Å². The maximum absolute atomic E-state index is 5.76. The summed E-state index contributed by atoms with van der Waals surface area (Å²) in [6, 6.07) is 3.67. The van der Waals surface area contributed by atoms with Crippen LogP contribution in [0.4, 0.5) is 5.69 Å². The quantitative estimate of drug-likeness (QED) is 0.760. The molecule has 0 radical (unpaired) electrons. The van der Waals surface area contributed by atoms with E-state index in [4.69, 9.17) is 10.2 Å². The highest BCUT2D eigenvalue weighted by molar-refractivity contribution is 5.67. The van der Waals surface area contributed by atoms with Crippen LogP contribution in [0.2, 0.25) is 0 Å². The molecule has 2 aromatic heterocycles. The van der Waals surface area contributed by atoms with E-state index in [-0.39, 0.29) is 0 Å². The Kier molecular flexibility index (Phi) is 1.81. The molecule has 4 heteroatoms. The lowest BCUT2D eigenvalue weighted by molar-refractivity contribution is 0.575. The summed E-state index contributed by atoms with van der Waals surface area (Å²) >= 11 is 0. The fraction of sp³-hybridized carbons (Fsp3) is 0.222. The second kappa shape index (κ2) is 2.97. The van der Waals surface area contributed by atoms with E-state index in [1.807, 2.05) is 19.1 Å². The van der Waals surface area contributed by atoms with Crippen molar-refractivity contribution in [3.63, 3.8) is 0 Å². The molecule has 2 heterocycles. The van der Waals surface area contributed by atoms with Gasteiger partial charge in [-0.15, -0.1) is 0 Å². The standard InChI is InChI=1S/C9H11N3O/c1-2-12-6-7(10)9(11-12)8-4-3-5-13-8/h3-6H,2,10H2,1H3. The van der Waals surface area contributed by atoms with E-state index in [0.29, 0.717) is 17.1 Å². The van der Waals surface area contributed by atoms with Crippen molar-refractivity contribution >= 4 is 5.69 Å². The van der Waals surface area contributed by atoms with Gasteiger partial charge >= 0.3 is 0 Å². The number of furan rings is 1. The van der Waals surface area contributed by atoms with Gasteiger partial charge in [0.05, 0.1) is 12.0 Å². The van der Waals surface area contributed by atoms with Gasteiger partial charge in [0.25, 0.3) is 0 Å². The summed E-state index contributed by atoms with van der Waals surface area (Å²) in [6.45, 7) is 2.82. The molecule has 2 aromatic rings. The summed E-state index contributed by atoms with van der Waals surface area (Å²) in [6.07, 6.45) is 3.41. The zero-order valence-electron chi connectivity index (χ0n) is 7.40. The minimum atomic E-state index is 0.650. The predicted molar refractivity (Wildman–Crippen MR) is 50.0 cm³/mol. The van der Waals surface area contributed by atoms with Crippen LogP contribution in [-0.4, -0.2) is 9.78 Å². The second-order valence-corrected chi connectivity index (χ2v) is 2.77. The second-order valence-electron chi connectivity index (χ2n) is 2.77. The Hall–Kier alpha value is -1.71.